The number of fused-ring (bicyclic) bond motifs is 4. The summed E-state index contributed by atoms with van der Waals surface area (Å²) >= 11 is 0. The summed E-state index contributed by atoms with van der Waals surface area (Å²) < 4.78 is 6.10. The van der Waals surface area contributed by atoms with Gasteiger partial charge in [0.2, 0.25) is 0 Å². The zero-order chi connectivity index (χ0) is 29.3. The molecule has 6 rings (SSSR count). The summed E-state index contributed by atoms with van der Waals surface area (Å²) in [5.74, 6) is 0.899. The molecule has 43 heavy (non-hydrogen) atoms. The van der Waals surface area contributed by atoms with E-state index in [-0.39, 0.29) is 0 Å². The van der Waals surface area contributed by atoms with Crippen LogP contribution in [0, 0.1) is 0 Å². The molecule has 1 aromatic carbocycles. The molecular weight excluding hydrogens is 528 g/mol. The Hall–Kier alpha value is -4.38. The molecule has 5 aliphatic heterocycles. The van der Waals surface area contributed by atoms with Gasteiger partial charge in [0.1, 0.15) is 5.75 Å². The summed E-state index contributed by atoms with van der Waals surface area (Å²) in [4.78, 5) is 19.4. The van der Waals surface area contributed by atoms with Crippen molar-refractivity contribution in [1.82, 2.24) is 0 Å². The molecule has 0 aliphatic carbocycles. The van der Waals surface area contributed by atoms with E-state index in [0.29, 0.717) is 0 Å². The van der Waals surface area contributed by atoms with Crippen LogP contribution < -0.4 is 4.74 Å². The van der Waals surface area contributed by atoms with Crippen LogP contribution in [0.15, 0.2) is 134 Å². The van der Waals surface area contributed by atoms with E-state index < -0.39 is 0 Å². The second kappa shape index (κ2) is 14.2. The van der Waals surface area contributed by atoms with Crippen molar-refractivity contribution in [3.05, 3.63) is 119 Å². The lowest BCUT2D eigenvalue weighted by molar-refractivity contribution is 0.304. The Morgan fingerprint density at radius 3 is 1.70 bits per heavy atom. The number of unbranched alkanes of at least 4 members (excludes halogenated alkanes) is 9. The Morgan fingerprint density at radius 1 is 0.512 bits per heavy atom. The van der Waals surface area contributed by atoms with Gasteiger partial charge in [0.15, 0.2) is 0 Å². The predicted octanol–water partition coefficient (Wildman–Crippen LogP) is 9.41. The fourth-order valence-corrected chi connectivity index (χ4v) is 5.68. The number of aliphatic imine (C=N–C) groups is 4. The van der Waals surface area contributed by atoms with Crippen LogP contribution in [0.2, 0.25) is 0 Å². The number of hydrogen-bond donors (Lipinski definition) is 0. The number of rotatable bonds is 13. The standard InChI is InChI=1S/C38H40N4O/c1-2-3-4-5-6-7-8-9-10-11-24-43-35-20-12-28(13-21-35)38-36-22-18-33(41-36)26-31-16-14-29(39-31)25-30-15-17-32(40-30)27-34-19-23-37(38)42-34/h12-23,25-27H,2-11,24H2,1H3. The van der Waals surface area contributed by atoms with Crippen molar-refractivity contribution >= 4 is 28.4 Å². The average Bonchev–Trinajstić information content (AvgIpc) is 3.83. The lowest BCUT2D eigenvalue weighted by atomic mass is 9.98. The summed E-state index contributed by atoms with van der Waals surface area (Å²) in [7, 11) is 0. The number of hydrogen-bond acceptors (Lipinski definition) is 5. The van der Waals surface area contributed by atoms with Crippen LogP contribution in [0.25, 0.3) is 5.57 Å². The molecule has 0 unspecified atom stereocenters. The van der Waals surface area contributed by atoms with Gasteiger partial charge >= 0.3 is 0 Å². The van der Waals surface area contributed by atoms with Crippen LogP contribution in [0.1, 0.15) is 76.7 Å². The molecule has 8 bridgehead atoms. The third-order valence-electron chi connectivity index (χ3n) is 8.00. The molecule has 0 N–H and O–H groups in total. The maximum absolute atomic E-state index is 6.10. The van der Waals surface area contributed by atoms with E-state index in [1.165, 1.54) is 57.8 Å². The van der Waals surface area contributed by atoms with Crippen molar-refractivity contribution in [2.24, 2.45) is 20.0 Å². The van der Waals surface area contributed by atoms with Gasteiger partial charge in [-0.3, -0.25) is 0 Å². The second-order valence-electron chi connectivity index (χ2n) is 11.5. The molecule has 0 saturated heterocycles. The highest BCUT2D eigenvalue weighted by Crippen LogP contribution is 2.31. The van der Waals surface area contributed by atoms with E-state index in [2.05, 4.69) is 43.3 Å². The third-order valence-corrected chi connectivity index (χ3v) is 8.00. The first-order valence-corrected chi connectivity index (χ1v) is 15.9. The van der Waals surface area contributed by atoms with Gasteiger partial charge in [0.05, 0.1) is 52.2 Å². The van der Waals surface area contributed by atoms with Crippen LogP contribution in [0.4, 0.5) is 0 Å². The first-order chi connectivity index (χ1) is 21.2. The van der Waals surface area contributed by atoms with Crippen molar-refractivity contribution in [1.29, 1.82) is 0 Å². The van der Waals surface area contributed by atoms with E-state index >= 15 is 0 Å². The molecule has 5 heterocycles. The lowest BCUT2D eigenvalue weighted by Crippen LogP contribution is -2.01. The summed E-state index contributed by atoms with van der Waals surface area (Å²) in [6.45, 7) is 3.03. The molecule has 0 amide bonds. The van der Waals surface area contributed by atoms with Crippen LogP contribution in [0.3, 0.4) is 0 Å². The molecule has 0 aromatic heterocycles. The van der Waals surface area contributed by atoms with E-state index in [1.54, 1.807) is 0 Å². The van der Waals surface area contributed by atoms with Crippen molar-refractivity contribution < 1.29 is 4.74 Å². The molecule has 0 radical (unpaired) electrons. The predicted molar refractivity (Wildman–Crippen MR) is 181 cm³/mol. The molecule has 0 spiro atoms. The monoisotopic (exact) mass is 568 g/mol. The van der Waals surface area contributed by atoms with Gasteiger partial charge in [-0.2, -0.15) is 0 Å². The second-order valence-corrected chi connectivity index (χ2v) is 11.5. The first kappa shape index (κ1) is 28.7. The van der Waals surface area contributed by atoms with E-state index in [0.717, 1.165) is 75.5 Å². The van der Waals surface area contributed by atoms with Crippen LogP contribution in [0.5, 0.6) is 5.75 Å². The molecule has 0 atom stereocenters. The van der Waals surface area contributed by atoms with Gasteiger partial charge in [0.25, 0.3) is 0 Å². The summed E-state index contributed by atoms with van der Waals surface area (Å²) in [6.07, 6.45) is 35.5. The zero-order valence-corrected chi connectivity index (χ0v) is 25.1. The Morgan fingerprint density at radius 2 is 1.05 bits per heavy atom. The number of benzene rings is 1. The molecule has 0 fully saturated rings. The van der Waals surface area contributed by atoms with Gasteiger partial charge in [-0.1, -0.05) is 76.8 Å². The molecule has 5 heteroatoms. The number of ether oxygens (including phenoxy) is 1. The maximum Gasteiger partial charge on any atom is 0.119 e. The minimum absolute atomic E-state index is 0.756. The Balaban J connectivity index is 1.14. The van der Waals surface area contributed by atoms with Crippen molar-refractivity contribution in [3.8, 4) is 5.75 Å². The van der Waals surface area contributed by atoms with Crippen LogP contribution in [-0.4, -0.2) is 29.5 Å². The summed E-state index contributed by atoms with van der Waals surface area (Å²) in [5, 5.41) is 0. The lowest BCUT2D eigenvalue weighted by Gasteiger charge is -2.11. The van der Waals surface area contributed by atoms with Gasteiger partial charge < -0.3 is 4.74 Å². The fourth-order valence-electron chi connectivity index (χ4n) is 5.68. The Kier molecular flexibility index (Phi) is 9.48. The molecular formula is C38H40N4O. The third kappa shape index (κ3) is 7.72. The normalized spacial score (nSPS) is 18.0. The first-order valence-electron chi connectivity index (χ1n) is 15.9. The Bertz CT molecular complexity index is 1600. The van der Waals surface area contributed by atoms with Gasteiger partial charge in [-0.25, -0.2) is 20.0 Å². The molecule has 218 valence electrons. The van der Waals surface area contributed by atoms with Gasteiger partial charge in [-0.15, -0.1) is 0 Å². The van der Waals surface area contributed by atoms with Crippen LogP contribution >= 0.6 is 0 Å². The van der Waals surface area contributed by atoms with E-state index in [1.807, 2.05) is 54.7 Å². The highest BCUT2D eigenvalue weighted by Gasteiger charge is 2.19. The largest absolute Gasteiger partial charge is 0.494 e. The molecule has 5 nitrogen and oxygen atoms in total. The summed E-state index contributed by atoms with van der Waals surface area (Å²) in [6, 6.07) is 8.35. The van der Waals surface area contributed by atoms with E-state index in [4.69, 9.17) is 24.7 Å². The van der Waals surface area contributed by atoms with Crippen molar-refractivity contribution in [3.63, 3.8) is 0 Å². The van der Waals surface area contributed by atoms with Gasteiger partial charge in [0, 0.05) is 5.57 Å². The highest BCUT2D eigenvalue weighted by molar-refractivity contribution is 6.32. The topological polar surface area (TPSA) is 58.7 Å². The van der Waals surface area contributed by atoms with Crippen molar-refractivity contribution in [2.75, 3.05) is 6.61 Å². The smallest absolute Gasteiger partial charge is 0.119 e. The molecule has 0 saturated carbocycles. The number of allylic oxidation sites excluding steroid dienone is 12. The zero-order valence-electron chi connectivity index (χ0n) is 25.1. The molecule has 1 aromatic rings. The maximum atomic E-state index is 6.10. The summed E-state index contributed by atoms with van der Waals surface area (Å²) in [5.41, 5.74) is 9.06. The minimum atomic E-state index is 0.756. The van der Waals surface area contributed by atoms with Gasteiger partial charge in [-0.05, 0) is 91.0 Å². The average molecular weight is 569 g/mol. The molecule has 5 aliphatic rings. The highest BCUT2D eigenvalue weighted by atomic mass is 16.5. The van der Waals surface area contributed by atoms with Crippen molar-refractivity contribution in [2.45, 2.75) is 71.1 Å². The fraction of sp³-hybridized carbons (Fsp3) is 0.316. The number of nitrogens with zero attached hydrogens (tertiary/aromatic N) is 4. The quantitative estimate of drug-likeness (QED) is 0.219. The minimum Gasteiger partial charge on any atom is -0.494 e. The SMILES string of the molecule is CCCCCCCCCCCCOc1ccc(C2=C3C=CC(=N3)C=C3C=CC(=N3)C=C3C=CC(=N3)C=C3C=CC2=N3)cc1. The van der Waals surface area contributed by atoms with E-state index in [9.17, 15) is 0 Å². The van der Waals surface area contributed by atoms with Crippen LogP contribution in [-0.2, 0) is 0 Å². The Labute approximate surface area is 255 Å².